The summed E-state index contributed by atoms with van der Waals surface area (Å²) >= 11 is 0. The number of pyridine rings is 2. The van der Waals surface area contributed by atoms with Crippen LogP contribution in [0.1, 0.15) is 19.0 Å². The van der Waals surface area contributed by atoms with E-state index in [1.807, 2.05) is 19.2 Å². The van der Waals surface area contributed by atoms with Crippen LogP contribution < -0.4 is 5.32 Å². The average Bonchev–Trinajstić information content (AvgIpc) is 3.19. The van der Waals surface area contributed by atoms with Gasteiger partial charge in [0.25, 0.3) is 0 Å². The Morgan fingerprint density at radius 2 is 1.40 bits per heavy atom. The molecule has 4 nitrogen and oxygen atoms in total. The molecule has 0 fully saturated rings. The molecular formula is C29H26F2N4. The molecule has 0 saturated heterocycles. The van der Waals surface area contributed by atoms with Gasteiger partial charge in [-0.2, -0.15) is 0 Å². The van der Waals surface area contributed by atoms with Crippen molar-refractivity contribution >= 4 is 11.0 Å². The van der Waals surface area contributed by atoms with Crippen LogP contribution in [0.5, 0.6) is 0 Å². The Bertz CT molecular complexity index is 1460. The highest BCUT2D eigenvalue weighted by Crippen LogP contribution is 2.43. The average molecular weight is 469 g/mol. The first-order valence-corrected chi connectivity index (χ1v) is 11.7. The van der Waals surface area contributed by atoms with E-state index in [9.17, 15) is 8.78 Å². The Labute approximate surface area is 203 Å². The highest BCUT2D eigenvalue weighted by Gasteiger charge is 2.23. The van der Waals surface area contributed by atoms with Crippen LogP contribution in [-0.4, -0.2) is 21.1 Å². The van der Waals surface area contributed by atoms with Crippen LogP contribution in [0.2, 0.25) is 0 Å². The second-order valence-electron chi connectivity index (χ2n) is 8.57. The Balaban J connectivity index is 1.88. The maximum Gasteiger partial charge on any atom is 0.123 e. The Morgan fingerprint density at radius 1 is 0.800 bits per heavy atom. The maximum absolute atomic E-state index is 13.9. The molecule has 2 aromatic carbocycles. The van der Waals surface area contributed by atoms with Gasteiger partial charge in [0.15, 0.2) is 0 Å². The lowest BCUT2D eigenvalue weighted by atomic mass is 9.90. The van der Waals surface area contributed by atoms with E-state index in [2.05, 4.69) is 27.9 Å². The minimum absolute atomic E-state index is 0.292. The van der Waals surface area contributed by atoms with Crippen molar-refractivity contribution in [2.45, 2.75) is 19.9 Å². The van der Waals surface area contributed by atoms with Crippen molar-refractivity contribution in [3.05, 3.63) is 96.5 Å². The van der Waals surface area contributed by atoms with Crippen LogP contribution in [-0.2, 0) is 13.6 Å². The minimum atomic E-state index is -0.303. The number of hydrogen-bond acceptors (Lipinski definition) is 3. The van der Waals surface area contributed by atoms with Gasteiger partial charge < -0.3 is 9.88 Å². The molecule has 0 saturated carbocycles. The first-order valence-electron chi connectivity index (χ1n) is 11.7. The summed E-state index contributed by atoms with van der Waals surface area (Å²) in [5.41, 5.74) is 8.08. The quantitative estimate of drug-likeness (QED) is 0.269. The molecule has 0 spiro atoms. The highest BCUT2D eigenvalue weighted by molar-refractivity contribution is 6.06. The van der Waals surface area contributed by atoms with Crippen molar-refractivity contribution in [2.75, 3.05) is 6.54 Å². The molecule has 0 aliphatic carbocycles. The van der Waals surface area contributed by atoms with E-state index in [1.54, 1.807) is 36.7 Å². The second-order valence-corrected chi connectivity index (χ2v) is 8.57. The molecule has 6 heteroatoms. The van der Waals surface area contributed by atoms with E-state index in [0.29, 0.717) is 6.54 Å². The topological polar surface area (TPSA) is 42.7 Å². The van der Waals surface area contributed by atoms with Gasteiger partial charge in [-0.3, -0.25) is 4.98 Å². The summed E-state index contributed by atoms with van der Waals surface area (Å²) in [6, 6.07) is 18.9. The van der Waals surface area contributed by atoms with Gasteiger partial charge in [0.1, 0.15) is 11.6 Å². The first-order chi connectivity index (χ1) is 17.1. The summed E-state index contributed by atoms with van der Waals surface area (Å²) in [7, 11) is 2.04. The molecule has 3 heterocycles. The summed E-state index contributed by atoms with van der Waals surface area (Å²) in [5, 5.41) is 3.47. The van der Waals surface area contributed by atoms with Crippen molar-refractivity contribution in [2.24, 2.45) is 7.05 Å². The van der Waals surface area contributed by atoms with Crippen LogP contribution in [0.15, 0.2) is 79.1 Å². The van der Waals surface area contributed by atoms with E-state index in [4.69, 9.17) is 4.98 Å². The molecule has 0 amide bonds. The van der Waals surface area contributed by atoms with Crippen LogP contribution in [0.4, 0.5) is 8.78 Å². The van der Waals surface area contributed by atoms with Crippen LogP contribution in [0.25, 0.3) is 44.5 Å². The fourth-order valence-corrected chi connectivity index (χ4v) is 4.51. The van der Waals surface area contributed by atoms with Gasteiger partial charge in [-0.1, -0.05) is 19.1 Å². The lowest BCUT2D eigenvalue weighted by Crippen LogP contribution is -2.15. The zero-order valence-corrected chi connectivity index (χ0v) is 19.7. The number of aromatic nitrogens is 3. The third-order valence-corrected chi connectivity index (χ3v) is 6.22. The number of hydrogen-bond donors (Lipinski definition) is 1. The Morgan fingerprint density at radius 3 is 2.03 bits per heavy atom. The van der Waals surface area contributed by atoms with E-state index in [1.165, 1.54) is 24.3 Å². The monoisotopic (exact) mass is 468 g/mol. The van der Waals surface area contributed by atoms with Crippen molar-refractivity contribution in [1.82, 2.24) is 19.9 Å². The second kappa shape index (κ2) is 9.76. The predicted octanol–water partition coefficient (Wildman–Crippen LogP) is 6.75. The molecule has 35 heavy (non-hydrogen) atoms. The van der Waals surface area contributed by atoms with Crippen molar-refractivity contribution < 1.29 is 8.78 Å². The standard InChI is InChI=1S/C29H26F2N4/c1-3-14-33-18-24-17-25-29(35(24)2)27(19-4-8-22(30)9-5-19)26(20-12-15-32-16-13-20)28(34-25)21-6-10-23(31)11-7-21/h4-13,15-17,33H,3,14,18H2,1-2H3. The van der Waals surface area contributed by atoms with Gasteiger partial charge in [0.05, 0.1) is 16.7 Å². The largest absolute Gasteiger partial charge is 0.345 e. The third-order valence-electron chi connectivity index (χ3n) is 6.22. The number of halogens is 2. The van der Waals surface area contributed by atoms with Gasteiger partial charge in [0, 0.05) is 48.4 Å². The maximum atomic E-state index is 13.9. The van der Waals surface area contributed by atoms with E-state index >= 15 is 0 Å². The molecule has 0 aliphatic heterocycles. The number of rotatable bonds is 7. The van der Waals surface area contributed by atoms with Gasteiger partial charge in [0.2, 0.25) is 0 Å². The lowest BCUT2D eigenvalue weighted by molar-refractivity contribution is 0.627. The Kier molecular flexibility index (Phi) is 6.38. The number of fused-ring (bicyclic) bond motifs is 1. The number of benzene rings is 2. The number of aryl methyl sites for hydroxylation is 1. The normalized spacial score (nSPS) is 11.3. The molecule has 176 valence electrons. The van der Waals surface area contributed by atoms with Crippen molar-refractivity contribution in [3.63, 3.8) is 0 Å². The lowest BCUT2D eigenvalue weighted by Gasteiger charge is -2.18. The number of nitrogens with zero attached hydrogens (tertiary/aromatic N) is 3. The Hall–Kier alpha value is -3.90. The van der Waals surface area contributed by atoms with Crippen molar-refractivity contribution in [1.29, 1.82) is 0 Å². The third kappa shape index (κ3) is 4.45. The fourth-order valence-electron chi connectivity index (χ4n) is 4.51. The molecule has 1 N–H and O–H groups in total. The predicted molar refractivity (Wildman–Crippen MR) is 137 cm³/mol. The fraction of sp³-hybridized carbons (Fsp3) is 0.172. The summed E-state index contributed by atoms with van der Waals surface area (Å²) in [6.45, 7) is 3.77. The van der Waals surface area contributed by atoms with Gasteiger partial charge in [-0.25, -0.2) is 13.8 Å². The smallest absolute Gasteiger partial charge is 0.123 e. The molecule has 0 aliphatic rings. The van der Waals surface area contributed by atoms with Crippen LogP contribution >= 0.6 is 0 Å². The van der Waals surface area contributed by atoms with Crippen LogP contribution in [0, 0.1) is 11.6 Å². The van der Waals surface area contributed by atoms with E-state index < -0.39 is 0 Å². The summed E-state index contributed by atoms with van der Waals surface area (Å²) in [5.74, 6) is -0.595. The highest BCUT2D eigenvalue weighted by atomic mass is 19.1. The van der Waals surface area contributed by atoms with Gasteiger partial charge >= 0.3 is 0 Å². The minimum Gasteiger partial charge on any atom is -0.345 e. The van der Waals surface area contributed by atoms with Gasteiger partial charge in [-0.15, -0.1) is 0 Å². The molecule has 5 rings (SSSR count). The molecule has 3 aromatic heterocycles. The van der Waals surface area contributed by atoms with E-state index in [0.717, 1.165) is 63.2 Å². The molecular weight excluding hydrogens is 442 g/mol. The summed E-state index contributed by atoms with van der Waals surface area (Å²) in [6.07, 6.45) is 4.53. The SMILES string of the molecule is CCCNCc1cc2nc(-c3ccc(F)cc3)c(-c3ccncc3)c(-c3ccc(F)cc3)c2n1C. The van der Waals surface area contributed by atoms with Gasteiger partial charge in [-0.05, 0) is 78.7 Å². The zero-order chi connectivity index (χ0) is 24.4. The summed E-state index contributed by atoms with van der Waals surface area (Å²) in [4.78, 5) is 9.29. The molecule has 0 radical (unpaired) electrons. The molecule has 0 bridgehead atoms. The van der Waals surface area contributed by atoms with Crippen molar-refractivity contribution in [3.8, 4) is 33.5 Å². The molecule has 5 aromatic rings. The van der Waals surface area contributed by atoms with E-state index in [-0.39, 0.29) is 11.6 Å². The van der Waals surface area contributed by atoms with Crippen LogP contribution in [0.3, 0.4) is 0 Å². The summed E-state index contributed by atoms with van der Waals surface area (Å²) < 4.78 is 29.9. The first kappa shape index (κ1) is 22.9. The number of nitrogens with one attached hydrogen (secondary N) is 1. The molecule has 0 atom stereocenters. The molecule has 0 unspecified atom stereocenters. The zero-order valence-electron chi connectivity index (χ0n) is 19.7.